The van der Waals surface area contributed by atoms with Gasteiger partial charge in [0, 0.05) is 17.3 Å². The van der Waals surface area contributed by atoms with Crippen molar-refractivity contribution in [2.75, 3.05) is 19.5 Å². The summed E-state index contributed by atoms with van der Waals surface area (Å²) in [5.41, 5.74) is 4.45. The highest BCUT2D eigenvalue weighted by Crippen LogP contribution is 2.30. The number of amides is 1. The Kier molecular flexibility index (Phi) is 5.97. The number of anilines is 1. The maximum Gasteiger partial charge on any atom is 0.278 e. The minimum atomic E-state index is -0.369. The number of ether oxygens (including phenoxy) is 2. The number of carbonyl (C=O) groups is 1. The molecule has 2 heterocycles. The summed E-state index contributed by atoms with van der Waals surface area (Å²) < 4.78 is 13.1. The number of carbonyl (C=O) groups excluding carboxylic acids is 1. The van der Waals surface area contributed by atoms with Crippen molar-refractivity contribution in [3.63, 3.8) is 0 Å². The number of rotatable bonds is 6. The molecule has 4 rings (SSSR count). The van der Waals surface area contributed by atoms with Gasteiger partial charge in [0.1, 0.15) is 5.75 Å². The number of hydrogen-bond donors (Lipinski definition) is 1. The summed E-state index contributed by atoms with van der Waals surface area (Å²) in [6, 6.07) is 14.9. The molecule has 4 aromatic rings. The molecule has 8 nitrogen and oxygen atoms in total. The van der Waals surface area contributed by atoms with Crippen molar-refractivity contribution in [1.82, 2.24) is 19.8 Å². The lowest BCUT2D eigenvalue weighted by Gasteiger charge is -2.08. The standard InChI is InChI=1S/C22H20BrN5O3/c1-13-20(22(29)24-16-8-10-17(31-3)11-9-16)25-26-21-19(14-4-6-15(23)7-5-14)18(12-30-2)27-28(13)21/h4-11H,12H2,1-3H3,(H,24,29). The van der Waals surface area contributed by atoms with Gasteiger partial charge in [-0.1, -0.05) is 28.1 Å². The van der Waals surface area contributed by atoms with Gasteiger partial charge in [0.25, 0.3) is 5.91 Å². The quantitative estimate of drug-likeness (QED) is 0.442. The third kappa shape index (κ3) is 4.14. The largest absolute Gasteiger partial charge is 0.497 e. The first-order chi connectivity index (χ1) is 15.0. The Morgan fingerprint density at radius 2 is 1.77 bits per heavy atom. The molecule has 9 heteroatoms. The van der Waals surface area contributed by atoms with Crippen LogP contribution in [0.3, 0.4) is 0 Å². The molecule has 0 aliphatic rings. The van der Waals surface area contributed by atoms with E-state index >= 15 is 0 Å². The number of methoxy groups -OCH3 is 2. The maximum atomic E-state index is 12.8. The molecule has 2 aromatic carbocycles. The number of fused-ring (bicyclic) bond motifs is 1. The molecule has 0 spiro atoms. The lowest BCUT2D eigenvalue weighted by atomic mass is 10.1. The summed E-state index contributed by atoms with van der Waals surface area (Å²) in [4.78, 5) is 12.8. The molecule has 2 aromatic heterocycles. The molecule has 0 radical (unpaired) electrons. The van der Waals surface area contributed by atoms with Crippen molar-refractivity contribution in [3.05, 3.63) is 70.1 Å². The van der Waals surface area contributed by atoms with Gasteiger partial charge in [-0.15, -0.1) is 10.2 Å². The van der Waals surface area contributed by atoms with E-state index in [1.54, 1.807) is 49.9 Å². The number of halogens is 1. The Morgan fingerprint density at radius 1 is 1.06 bits per heavy atom. The van der Waals surface area contributed by atoms with Crippen molar-refractivity contribution in [2.45, 2.75) is 13.5 Å². The van der Waals surface area contributed by atoms with Gasteiger partial charge in [-0.2, -0.15) is 5.10 Å². The first-order valence-corrected chi connectivity index (χ1v) is 10.3. The van der Waals surface area contributed by atoms with Crippen LogP contribution in [0.25, 0.3) is 16.8 Å². The van der Waals surface area contributed by atoms with Crippen LogP contribution >= 0.6 is 15.9 Å². The second-order valence-corrected chi connectivity index (χ2v) is 7.73. The fraction of sp³-hybridized carbons (Fsp3) is 0.182. The van der Waals surface area contributed by atoms with Crippen LogP contribution in [0.15, 0.2) is 53.0 Å². The lowest BCUT2D eigenvalue weighted by molar-refractivity contribution is 0.102. The monoisotopic (exact) mass is 481 g/mol. The number of benzene rings is 2. The summed E-state index contributed by atoms with van der Waals surface area (Å²) in [6.45, 7) is 2.10. The highest BCUT2D eigenvalue weighted by molar-refractivity contribution is 9.10. The Hall–Kier alpha value is -3.30. The van der Waals surface area contributed by atoms with E-state index in [9.17, 15) is 4.79 Å². The van der Waals surface area contributed by atoms with Crippen LogP contribution in [-0.4, -0.2) is 39.9 Å². The molecule has 0 saturated heterocycles. The van der Waals surface area contributed by atoms with Crippen LogP contribution < -0.4 is 10.1 Å². The molecule has 158 valence electrons. The van der Waals surface area contributed by atoms with E-state index < -0.39 is 0 Å². The van der Waals surface area contributed by atoms with Crippen molar-refractivity contribution >= 4 is 33.2 Å². The molecular formula is C22H20BrN5O3. The number of aromatic nitrogens is 4. The molecule has 0 bridgehead atoms. The number of nitrogens with zero attached hydrogens (tertiary/aromatic N) is 4. The molecule has 0 aliphatic heterocycles. The molecule has 0 aliphatic carbocycles. The fourth-order valence-electron chi connectivity index (χ4n) is 3.27. The normalized spacial score (nSPS) is 11.0. The molecular weight excluding hydrogens is 462 g/mol. The Labute approximate surface area is 187 Å². The van der Waals surface area contributed by atoms with E-state index in [1.807, 2.05) is 24.3 Å². The molecule has 0 unspecified atom stereocenters. The van der Waals surface area contributed by atoms with Gasteiger partial charge < -0.3 is 14.8 Å². The Bertz CT molecular complexity index is 1240. The predicted octanol–water partition coefficient (Wildman–Crippen LogP) is 4.27. The van der Waals surface area contributed by atoms with Gasteiger partial charge in [-0.3, -0.25) is 4.79 Å². The first kappa shape index (κ1) is 21.0. The minimum absolute atomic E-state index is 0.192. The van der Waals surface area contributed by atoms with E-state index in [0.717, 1.165) is 21.3 Å². The van der Waals surface area contributed by atoms with E-state index in [-0.39, 0.29) is 11.6 Å². The summed E-state index contributed by atoms with van der Waals surface area (Å²) in [5.74, 6) is 0.337. The van der Waals surface area contributed by atoms with Gasteiger partial charge in [0.15, 0.2) is 11.3 Å². The van der Waals surface area contributed by atoms with Gasteiger partial charge in [0.05, 0.1) is 30.7 Å². The van der Waals surface area contributed by atoms with Crippen LogP contribution in [0, 0.1) is 6.92 Å². The zero-order chi connectivity index (χ0) is 22.0. The summed E-state index contributed by atoms with van der Waals surface area (Å²) in [5, 5.41) is 16.0. The van der Waals surface area contributed by atoms with Crippen LogP contribution in [-0.2, 0) is 11.3 Å². The van der Waals surface area contributed by atoms with E-state index in [0.29, 0.717) is 29.4 Å². The third-order valence-corrected chi connectivity index (χ3v) is 5.34. The van der Waals surface area contributed by atoms with Crippen LogP contribution in [0.4, 0.5) is 5.69 Å². The van der Waals surface area contributed by atoms with E-state index in [2.05, 4.69) is 36.5 Å². The van der Waals surface area contributed by atoms with Gasteiger partial charge in [0.2, 0.25) is 0 Å². The van der Waals surface area contributed by atoms with Crippen LogP contribution in [0.1, 0.15) is 21.9 Å². The molecule has 0 saturated carbocycles. The molecule has 31 heavy (non-hydrogen) atoms. The number of hydrogen-bond acceptors (Lipinski definition) is 6. The maximum absolute atomic E-state index is 12.8. The average molecular weight is 482 g/mol. The fourth-order valence-corrected chi connectivity index (χ4v) is 3.54. The number of aryl methyl sites for hydroxylation is 1. The Balaban J connectivity index is 1.74. The van der Waals surface area contributed by atoms with Gasteiger partial charge in [-0.25, -0.2) is 4.52 Å². The number of nitrogens with one attached hydrogen (secondary N) is 1. The smallest absolute Gasteiger partial charge is 0.278 e. The zero-order valence-electron chi connectivity index (χ0n) is 17.2. The summed E-state index contributed by atoms with van der Waals surface area (Å²) in [7, 11) is 3.20. The van der Waals surface area contributed by atoms with Crippen molar-refractivity contribution < 1.29 is 14.3 Å². The molecule has 1 N–H and O–H groups in total. The van der Waals surface area contributed by atoms with Gasteiger partial charge >= 0.3 is 0 Å². The molecule has 0 fully saturated rings. The lowest BCUT2D eigenvalue weighted by Crippen LogP contribution is -2.18. The summed E-state index contributed by atoms with van der Waals surface area (Å²) >= 11 is 3.46. The van der Waals surface area contributed by atoms with E-state index in [4.69, 9.17) is 9.47 Å². The average Bonchev–Trinajstić information content (AvgIpc) is 3.14. The second kappa shape index (κ2) is 8.83. The predicted molar refractivity (Wildman–Crippen MR) is 120 cm³/mol. The first-order valence-electron chi connectivity index (χ1n) is 9.47. The minimum Gasteiger partial charge on any atom is -0.497 e. The highest BCUT2D eigenvalue weighted by Gasteiger charge is 2.22. The van der Waals surface area contributed by atoms with Crippen molar-refractivity contribution in [2.24, 2.45) is 0 Å². The van der Waals surface area contributed by atoms with Gasteiger partial charge in [-0.05, 0) is 48.9 Å². The van der Waals surface area contributed by atoms with Crippen molar-refractivity contribution in [3.8, 4) is 16.9 Å². The molecule has 0 atom stereocenters. The summed E-state index contributed by atoms with van der Waals surface area (Å²) in [6.07, 6.45) is 0. The highest BCUT2D eigenvalue weighted by atomic mass is 79.9. The van der Waals surface area contributed by atoms with E-state index in [1.165, 1.54) is 0 Å². The zero-order valence-corrected chi connectivity index (χ0v) is 18.8. The molecule has 1 amide bonds. The van der Waals surface area contributed by atoms with Crippen molar-refractivity contribution in [1.29, 1.82) is 0 Å². The van der Waals surface area contributed by atoms with Crippen LogP contribution in [0.5, 0.6) is 5.75 Å². The third-order valence-electron chi connectivity index (χ3n) is 4.82. The Morgan fingerprint density at radius 3 is 2.42 bits per heavy atom. The SMILES string of the molecule is COCc1nn2c(C)c(C(=O)Nc3ccc(OC)cc3)nnc2c1-c1ccc(Br)cc1. The topological polar surface area (TPSA) is 90.6 Å². The second-order valence-electron chi connectivity index (χ2n) is 6.81. The van der Waals surface area contributed by atoms with Crippen LogP contribution in [0.2, 0.25) is 0 Å².